The van der Waals surface area contributed by atoms with Gasteiger partial charge in [0.15, 0.2) is 0 Å². The molecule has 0 spiro atoms. The summed E-state index contributed by atoms with van der Waals surface area (Å²) in [5.41, 5.74) is 3.52. The summed E-state index contributed by atoms with van der Waals surface area (Å²) in [4.78, 5) is 15.5. The summed E-state index contributed by atoms with van der Waals surface area (Å²) in [6, 6.07) is 2.02. The predicted molar refractivity (Wildman–Crippen MR) is 84.7 cm³/mol. The number of carbonyl (C=O) groups excluding carboxylic acids is 1. The largest absolute Gasteiger partial charge is 0.338 e. The van der Waals surface area contributed by atoms with Gasteiger partial charge in [-0.2, -0.15) is 5.10 Å². The molecule has 1 N–H and O–H groups in total. The Morgan fingerprint density at radius 2 is 2.33 bits per heavy atom. The molecule has 0 aromatic carbocycles. The van der Waals surface area contributed by atoms with Crippen LogP contribution in [0.5, 0.6) is 0 Å². The number of aromatic amines is 1. The number of H-pyrrole nitrogens is 1. The number of likely N-dealkylation sites (tertiary alicyclic amines) is 1. The van der Waals surface area contributed by atoms with Gasteiger partial charge in [0.05, 0.1) is 11.1 Å². The van der Waals surface area contributed by atoms with Crippen molar-refractivity contribution in [3.63, 3.8) is 0 Å². The quantitative estimate of drug-likeness (QED) is 0.946. The molecule has 1 aliphatic heterocycles. The fraction of sp³-hybridized carbons (Fsp3) is 0.500. The number of aromatic nitrogens is 2. The van der Waals surface area contributed by atoms with E-state index in [1.54, 1.807) is 11.3 Å². The lowest BCUT2D eigenvalue weighted by Crippen LogP contribution is -2.40. The average molecular weight is 303 g/mol. The zero-order valence-electron chi connectivity index (χ0n) is 12.6. The number of hydrogen-bond donors (Lipinski definition) is 1. The Labute approximate surface area is 129 Å². The second-order valence-electron chi connectivity index (χ2n) is 5.93. The van der Waals surface area contributed by atoms with E-state index in [4.69, 9.17) is 0 Å². The van der Waals surface area contributed by atoms with Crippen LogP contribution in [0.4, 0.5) is 0 Å². The molecule has 5 heteroatoms. The van der Waals surface area contributed by atoms with Crippen LogP contribution < -0.4 is 0 Å². The number of nitrogens with zero attached hydrogens (tertiary/aromatic N) is 2. The van der Waals surface area contributed by atoms with Crippen molar-refractivity contribution in [3.8, 4) is 0 Å². The van der Waals surface area contributed by atoms with Gasteiger partial charge in [-0.3, -0.25) is 9.89 Å². The van der Waals surface area contributed by atoms with E-state index in [9.17, 15) is 4.79 Å². The van der Waals surface area contributed by atoms with Crippen LogP contribution in [0.1, 0.15) is 39.3 Å². The summed E-state index contributed by atoms with van der Waals surface area (Å²) >= 11 is 1.55. The van der Waals surface area contributed by atoms with Gasteiger partial charge in [-0.25, -0.2) is 0 Å². The van der Waals surface area contributed by atoms with E-state index >= 15 is 0 Å². The van der Waals surface area contributed by atoms with E-state index in [0.29, 0.717) is 5.92 Å². The number of aryl methyl sites for hydroxylation is 2. The van der Waals surface area contributed by atoms with Crippen LogP contribution in [-0.4, -0.2) is 34.1 Å². The molecule has 0 radical (unpaired) electrons. The molecule has 3 heterocycles. The van der Waals surface area contributed by atoms with E-state index in [1.165, 1.54) is 17.7 Å². The predicted octanol–water partition coefficient (Wildman–Crippen LogP) is 3.18. The monoisotopic (exact) mass is 303 g/mol. The number of piperidine rings is 1. The molecule has 1 fully saturated rings. The first-order valence-corrected chi connectivity index (χ1v) is 8.35. The third kappa shape index (κ3) is 3.02. The molecule has 0 unspecified atom stereocenters. The molecule has 0 bridgehead atoms. The Bertz CT molecular complexity index is 631. The minimum atomic E-state index is 0.202. The third-order valence-corrected chi connectivity index (χ3v) is 5.29. The van der Waals surface area contributed by atoms with Gasteiger partial charge >= 0.3 is 0 Å². The third-order valence-electron chi connectivity index (χ3n) is 4.29. The zero-order chi connectivity index (χ0) is 14.8. The maximum absolute atomic E-state index is 12.6. The maximum atomic E-state index is 12.6. The summed E-state index contributed by atoms with van der Waals surface area (Å²) in [5, 5.41) is 9.17. The summed E-state index contributed by atoms with van der Waals surface area (Å²) in [7, 11) is 0. The van der Waals surface area contributed by atoms with Gasteiger partial charge in [-0.05, 0) is 61.6 Å². The second kappa shape index (κ2) is 6.02. The van der Waals surface area contributed by atoms with Gasteiger partial charge in [0, 0.05) is 18.8 Å². The highest BCUT2D eigenvalue weighted by Crippen LogP contribution is 2.25. The summed E-state index contributed by atoms with van der Waals surface area (Å²) in [6.07, 6.45) is 5.13. The Morgan fingerprint density at radius 3 is 3.00 bits per heavy atom. The van der Waals surface area contributed by atoms with Gasteiger partial charge in [-0.15, -0.1) is 11.3 Å². The maximum Gasteiger partial charge on any atom is 0.264 e. The molecule has 1 amide bonds. The first-order valence-electron chi connectivity index (χ1n) is 7.47. The van der Waals surface area contributed by atoms with Crippen LogP contribution >= 0.6 is 11.3 Å². The van der Waals surface area contributed by atoms with Gasteiger partial charge in [0.2, 0.25) is 0 Å². The van der Waals surface area contributed by atoms with Crippen molar-refractivity contribution in [2.75, 3.05) is 13.1 Å². The van der Waals surface area contributed by atoms with Crippen molar-refractivity contribution >= 4 is 17.2 Å². The molecular weight excluding hydrogens is 282 g/mol. The summed E-state index contributed by atoms with van der Waals surface area (Å²) < 4.78 is 0. The van der Waals surface area contributed by atoms with Crippen molar-refractivity contribution in [2.45, 2.75) is 33.1 Å². The van der Waals surface area contributed by atoms with Crippen molar-refractivity contribution in [3.05, 3.63) is 39.3 Å². The van der Waals surface area contributed by atoms with Crippen LogP contribution in [0.15, 0.2) is 17.6 Å². The van der Waals surface area contributed by atoms with E-state index < -0.39 is 0 Å². The SMILES string of the molecule is Cc1cn[nH]c1C[C@@H]1CCCN(C(=O)c2sccc2C)C1. The van der Waals surface area contributed by atoms with Crippen LogP contribution in [0.2, 0.25) is 0 Å². The first kappa shape index (κ1) is 14.3. The molecule has 1 saturated heterocycles. The number of carbonyl (C=O) groups is 1. The van der Waals surface area contributed by atoms with Gasteiger partial charge < -0.3 is 4.90 Å². The Kier molecular flexibility index (Phi) is 4.10. The molecular formula is C16H21N3OS. The van der Waals surface area contributed by atoms with Crippen molar-refractivity contribution in [1.29, 1.82) is 0 Å². The van der Waals surface area contributed by atoms with Crippen LogP contribution in [0, 0.1) is 19.8 Å². The highest BCUT2D eigenvalue weighted by Gasteiger charge is 2.26. The number of hydrogen-bond acceptors (Lipinski definition) is 3. The highest BCUT2D eigenvalue weighted by atomic mass is 32.1. The molecule has 112 valence electrons. The normalized spacial score (nSPS) is 19.0. The van der Waals surface area contributed by atoms with Gasteiger partial charge in [0.25, 0.3) is 5.91 Å². The zero-order valence-corrected chi connectivity index (χ0v) is 13.4. The summed E-state index contributed by atoms with van der Waals surface area (Å²) in [5.74, 6) is 0.732. The van der Waals surface area contributed by atoms with Gasteiger partial charge in [0.1, 0.15) is 0 Å². The topological polar surface area (TPSA) is 49.0 Å². The van der Waals surface area contributed by atoms with E-state index in [2.05, 4.69) is 17.1 Å². The Hall–Kier alpha value is -1.62. The Balaban J connectivity index is 1.67. The standard InChI is InChI=1S/C16H21N3OS/c1-11-5-7-21-15(11)16(20)19-6-3-4-13(10-19)8-14-12(2)9-17-18-14/h5,7,9,13H,3-4,6,8,10H2,1-2H3,(H,17,18)/t13-/m0/s1. The molecule has 0 aliphatic carbocycles. The molecule has 2 aromatic heterocycles. The molecule has 2 aromatic rings. The smallest absolute Gasteiger partial charge is 0.264 e. The van der Waals surface area contributed by atoms with Crippen LogP contribution in [0.3, 0.4) is 0 Å². The summed E-state index contributed by atoms with van der Waals surface area (Å²) in [6.45, 7) is 5.84. The van der Waals surface area contributed by atoms with E-state index in [0.717, 1.165) is 36.4 Å². The fourth-order valence-corrected chi connectivity index (χ4v) is 3.91. The number of rotatable bonds is 3. The van der Waals surface area contributed by atoms with Crippen molar-refractivity contribution in [2.24, 2.45) is 5.92 Å². The average Bonchev–Trinajstić information content (AvgIpc) is 3.08. The molecule has 1 aliphatic rings. The molecule has 1 atom stereocenters. The van der Waals surface area contributed by atoms with Crippen molar-refractivity contribution < 1.29 is 4.79 Å². The second-order valence-corrected chi connectivity index (χ2v) is 6.84. The molecule has 3 rings (SSSR count). The number of thiophene rings is 1. The van der Waals surface area contributed by atoms with Crippen LogP contribution in [0.25, 0.3) is 0 Å². The number of amides is 1. The lowest BCUT2D eigenvalue weighted by molar-refractivity contribution is 0.0677. The van der Waals surface area contributed by atoms with E-state index in [-0.39, 0.29) is 5.91 Å². The number of nitrogens with one attached hydrogen (secondary N) is 1. The molecule has 0 saturated carbocycles. The first-order chi connectivity index (χ1) is 10.1. The molecule has 4 nitrogen and oxygen atoms in total. The minimum absolute atomic E-state index is 0.202. The molecule has 21 heavy (non-hydrogen) atoms. The highest BCUT2D eigenvalue weighted by molar-refractivity contribution is 7.12. The fourth-order valence-electron chi connectivity index (χ4n) is 3.02. The van der Waals surface area contributed by atoms with E-state index in [1.807, 2.05) is 29.5 Å². The Morgan fingerprint density at radius 1 is 1.48 bits per heavy atom. The lowest BCUT2D eigenvalue weighted by Gasteiger charge is -2.32. The minimum Gasteiger partial charge on any atom is -0.338 e. The van der Waals surface area contributed by atoms with Crippen LogP contribution in [-0.2, 0) is 6.42 Å². The van der Waals surface area contributed by atoms with Gasteiger partial charge in [-0.1, -0.05) is 0 Å². The lowest BCUT2D eigenvalue weighted by atomic mass is 9.92. The van der Waals surface area contributed by atoms with Crippen molar-refractivity contribution in [1.82, 2.24) is 15.1 Å².